The molecule has 4 rings (SSSR count). The number of hydrogen-bond donors (Lipinski definition) is 4. The fraction of sp³-hybridized carbons (Fsp3) is 0.229. The maximum absolute atomic E-state index is 13.6. The molecule has 0 aliphatic rings. The van der Waals surface area contributed by atoms with Crippen LogP contribution in [0.4, 0.5) is 9.59 Å². The summed E-state index contributed by atoms with van der Waals surface area (Å²) in [5.41, 5.74) is 8.92. The highest BCUT2D eigenvalue weighted by molar-refractivity contribution is 5.87. The minimum Gasteiger partial charge on any atom is -0.445 e. The Kier molecular flexibility index (Phi) is 11.9. The number of carbonyl (C=O) groups excluding carboxylic acids is 3. The third-order valence-corrected chi connectivity index (χ3v) is 7.17. The standard InChI is InChI=1S/C35H38N4O5/c36-33(41)32(29-19-11-4-12-20-29)38-34(42)39(22-21-26-13-5-1-6-14-26)24-31(40)30(23-27-15-7-2-8-16-27)37-35(43)44-25-28-17-9-3-10-18-28/h1-20,30-32,40H,21-25H2,(H2,36,41)(H,37,43)(H,38,42)/t30-,31+,32-/m0/s1. The van der Waals surface area contributed by atoms with Crippen LogP contribution in [0.25, 0.3) is 0 Å². The summed E-state index contributed by atoms with van der Waals surface area (Å²) >= 11 is 0. The number of aliphatic hydroxyl groups is 1. The van der Waals surface area contributed by atoms with Crippen LogP contribution in [0.5, 0.6) is 0 Å². The Morgan fingerprint density at radius 3 is 1.82 bits per heavy atom. The number of ether oxygens (including phenoxy) is 1. The van der Waals surface area contributed by atoms with Gasteiger partial charge in [-0.1, -0.05) is 121 Å². The molecule has 0 heterocycles. The summed E-state index contributed by atoms with van der Waals surface area (Å²) in [5, 5.41) is 17.0. The largest absolute Gasteiger partial charge is 0.445 e. The van der Waals surface area contributed by atoms with Crippen LogP contribution in [0.2, 0.25) is 0 Å². The van der Waals surface area contributed by atoms with Crippen molar-refractivity contribution in [1.29, 1.82) is 0 Å². The fourth-order valence-corrected chi connectivity index (χ4v) is 4.78. The monoisotopic (exact) mass is 594 g/mol. The Hall–Kier alpha value is -5.15. The molecule has 5 N–H and O–H groups in total. The molecule has 228 valence electrons. The van der Waals surface area contributed by atoms with E-state index in [1.807, 2.05) is 91.0 Å². The van der Waals surface area contributed by atoms with E-state index in [1.54, 1.807) is 30.3 Å². The van der Waals surface area contributed by atoms with E-state index in [-0.39, 0.29) is 19.7 Å². The highest BCUT2D eigenvalue weighted by Crippen LogP contribution is 2.15. The molecule has 9 nitrogen and oxygen atoms in total. The van der Waals surface area contributed by atoms with Crippen LogP contribution in [0.1, 0.15) is 28.3 Å². The van der Waals surface area contributed by atoms with Gasteiger partial charge in [-0.3, -0.25) is 4.79 Å². The molecule has 0 aliphatic heterocycles. The van der Waals surface area contributed by atoms with Crippen molar-refractivity contribution in [2.24, 2.45) is 5.73 Å². The third kappa shape index (κ3) is 9.99. The summed E-state index contributed by atoms with van der Waals surface area (Å²) in [6.07, 6.45) is -1.06. The first-order valence-corrected chi connectivity index (χ1v) is 14.5. The van der Waals surface area contributed by atoms with E-state index in [9.17, 15) is 19.5 Å². The first-order valence-electron chi connectivity index (χ1n) is 14.5. The van der Waals surface area contributed by atoms with E-state index < -0.39 is 36.2 Å². The Labute approximate surface area is 257 Å². The molecule has 0 unspecified atom stereocenters. The van der Waals surface area contributed by atoms with Gasteiger partial charge in [0.25, 0.3) is 0 Å². The first-order chi connectivity index (χ1) is 21.4. The molecule has 4 aromatic carbocycles. The minimum absolute atomic E-state index is 0.0699. The Bertz CT molecular complexity index is 1460. The van der Waals surface area contributed by atoms with E-state index in [0.717, 1.165) is 16.7 Å². The van der Waals surface area contributed by atoms with Crippen molar-refractivity contribution < 1.29 is 24.2 Å². The second-order valence-electron chi connectivity index (χ2n) is 10.4. The van der Waals surface area contributed by atoms with Crippen molar-refractivity contribution in [3.05, 3.63) is 144 Å². The molecule has 0 saturated carbocycles. The number of rotatable bonds is 14. The predicted molar refractivity (Wildman–Crippen MR) is 168 cm³/mol. The quantitative estimate of drug-likeness (QED) is 0.172. The van der Waals surface area contributed by atoms with Gasteiger partial charge in [0, 0.05) is 6.54 Å². The van der Waals surface area contributed by atoms with Crippen molar-refractivity contribution in [3.63, 3.8) is 0 Å². The van der Waals surface area contributed by atoms with Crippen LogP contribution in [-0.2, 0) is 29.0 Å². The molecular formula is C35H38N4O5. The van der Waals surface area contributed by atoms with E-state index in [4.69, 9.17) is 10.5 Å². The van der Waals surface area contributed by atoms with Crippen LogP contribution in [0, 0.1) is 0 Å². The lowest BCUT2D eigenvalue weighted by atomic mass is 10.0. The Morgan fingerprint density at radius 1 is 0.727 bits per heavy atom. The zero-order valence-electron chi connectivity index (χ0n) is 24.4. The minimum atomic E-state index is -1.18. The molecule has 0 aliphatic carbocycles. The molecule has 0 fully saturated rings. The van der Waals surface area contributed by atoms with Crippen molar-refractivity contribution >= 4 is 18.0 Å². The Balaban J connectivity index is 1.51. The number of amides is 4. The molecule has 9 heteroatoms. The molecule has 4 aromatic rings. The van der Waals surface area contributed by atoms with E-state index in [0.29, 0.717) is 18.4 Å². The highest BCUT2D eigenvalue weighted by Gasteiger charge is 2.29. The summed E-state index contributed by atoms with van der Waals surface area (Å²) in [4.78, 5) is 40.2. The van der Waals surface area contributed by atoms with Gasteiger partial charge < -0.3 is 31.1 Å². The van der Waals surface area contributed by atoms with Crippen LogP contribution < -0.4 is 16.4 Å². The second kappa shape index (κ2) is 16.5. The summed E-state index contributed by atoms with van der Waals surface area (Å²) in [6, 6.07) is 34.6. The summed E-state index contributed by atoms with van der Waals surface area (Å²) in [6.45, 7) is 0.180. The highest BCUT2D eigenvalue weighted by atomic mass is 16.5. The molecule has 0 saturated heterocycles. The molecule has 0 spiro atoms. The van der Waals surface area contributed by atoms with Gasteiger partial charge >= 0.3 is 12.1 Å². The lowest BCUT2D eigenvalue weighted by Gasteiger charge is -2.31. The van der Waals surface area contributed by atoms with Crippen LogP contribution in [0.15, 0.2) is 121 Å². The lowest BCUT2D eigenvalue weighted by molar-refractivity contribution is -0.120. The average molecular weight is 595 g/mol. The normalized spacial score (nSPS) is 12.8. The fourth-order valence-electron chi connectivity index (χ4n) is 4.78. The maximum atomic E-state index is 13.6. The number of benzene rings is 4. The molecule has 0 aromatic heterocycles. The van der Waals surface area contributed by atoms with Gasteiger partial charge in [0.1, 0.15) is 12.6 Å². The Morgan fingerprint density at radius 2 is 1.25 bits per heavy atom. The predicted octanol–water partition coefficient (Wildman–Crippen LogP) is 4.37. The number of urea groups is 1. The topological polar surface area (TPSA) is 134 Å². The second-order valence-corrected chi connectivity index (χ2v) is 10.4. The van der Waals surface area contributed by atoms with Gasteiger partial charge in [0.05, 0.1) is 18.7 Å². The van der Waals surface area contributed by atoms with Crippen molar-refractivity contribution in [2.45, 2.75) is 37.6 Å². The van der Waals surface area contributed by atoms with Gasteiger partial charge in [-0.05, 0) is 35.1 Å². The number of aliphatic hydroxyl groups excluding tert-OH is 1. The van der Waals surface area contributed by atoms with Crippen molar-refractivity contribution in [2.75, 3.05) is 13.1 Å². The van der Waals surface area contributed by atoms with E-state index >= 15 is 0 Å². The van der Waals surface area contributed by atoms with Gasteiger partial charge in [-0.15, -0.1) is 0 Å². The number of nitrogens with one attached hydrogen (secondary N) is 2. The zero-order valence-corrected chi connectivity index (χ0v) is 24.4. The lowest BCUT2D eigenvalue weighted by Crippen LogP contribution is -2.53. The molecule has 4 amide bonds. The third-order valence-electron chi connectivity index (χ3n) is 7.17. The molecular weight excluding hydrogens is 556 g/mol. The van der Waals surface area contributed by atoms with Gasteiger partial charge in [0.2, 0.25) is 5.91 Å². The van der Waals surface area contributed by atoms with Gasteiger partial charge in [0.15, 0.2) is 0 Å². The van der Waals surface area contributed by atoms with Gasteiger partial charge in [-0.2, -0.15) is 0 Å². The maximum Gasteiger partial charge on any atom is 0.407 e. The number of hydrogen-bond acceptors (Lipinski definition) is 5. The van der Waals surface area contributed by atoms with Crippen LogP contribution in [0.3, 0.4) is 0 Å². The number of alkyl carbamates (subject to hydrolysis) is 1. The van der Waals surface area contributed by atoms with E-state index in [2.05, 4.69) is 10.6 Å². The number of nitrogens with zero attached hydrogens (tertiary/aromatic N) is 1. The molecule has 0 radical (unpaired) electrons. The SMILES string of the molecule is NC(=O)[C@@H](NC(=O)N(CCc1ccccc1)C[C@@H](O)[C@H](Cc1ccccc1)NC(=O)OCc1ccccc1)c1ccccc1. The van der Waals surface area contributed by atoms with Crippen LogP contribution >= 0.6 is 0 Å². The number of nitrogens with two attached hydrogens (primary N) is 1. The smallest absolute Gasteiger partial charge is 0.407 e. The number of primary amides is 1. The van der Waals surface area contributed by atoms with Crippen LogP contribution in [-0.4, -0.2) is 53.3 Å². The van der Waals surface area contributed by atoms with E-state index in [1.165, 1.54) is 4.90 Å². The summed E-state index contributed by atoms with van der Waals surface area (Å²) in [5.74, 6) is -0.710. The van der Waals surface area contributed by atoms with Crippen molar-refractivity contribution in [1.82, 2.24) is 15.5 Å². The molecule has 0 bridgehead atoms. The zero-order chi connectivity index (χ0) is 31.1. The van der Waals surface area contributed by atoms with Crippen molar-refractivity contribution in [3.8, 4) is 0 Å². The average Bonchev–Trinajstić information content (AvgIpc) is 3.05. The first kappa shape index (κ1) is 31.8. The number of carbonyl (C=O) groups is 3. The summed E-state index contributed by atoms with van der Waals surface area (Å²) < 4.78 is 5.43. The molecule has 44 heavy (non-hydrogen) atoms. The van der Waals surface area contributed by atoms with Gasteiger partial charge in [-0.25, -0.2) is 9.59 Å². The molecule has 3 atom stereocenters. The summed E-state index contributed by atoms with van der Waals surface area (Å²) in [7, 11) is 0.